The van der Waals surface area contributed by atoms with E-state index in [1.165, 1.54) is 29.5 Å². The van der Waals surface area contributed by atoms with Gasteiger partial charge in [0.05, 0.1) is 0 Å². The second kappa shape index (κ2) is 5.32. The Bertz CT molecular complexity index is 612. The Balaban J connectivity index is 2.16. The van der Waals surface area contributed by atoms with Crippen LogP contribution in [0.15, 0.2) is 23.8 Å². The highest BCUT2D eigenvalue weighted by molar-refractivity contribution is 6.04. The Kier molecular flexibility index (Phi) is 3.64. The number of carbonyl (C=O) groups excluding carboxylic acids is 1. The normalized spacial score (nSPS) is 24.8. The van der Waals surface area contributed by atoms with Crippen molar-refractivity contribution in [1.82, 2.24) is 0 Å². The fourth-order valence-corrected chi connectivity index (χ4v) is 4.29. The van der Waals surface area contributed by atoms with Gasteiger partial charge in [0.2, 0.25) is 0 Å². The molecule has 0 saturated carbocycles. The highest BCUT2D eigenvalue weighted by Gasteiger charge is 2.44. The molecule has 0 saturated heterocycles. The zero-order valence-corrected chi connectivity index (χ0v) is 13.0. The molecule has 2 aliphatic rings. The van der Waals surface area contributed by atoms with E-state index >= 15 is 0 Å². The third-order valence-electron chi connectivity index (χ3n) is 5.28. The van der Waals surface area contributed by atoms with Crippen molar-refractivity contribution in [2.24, 2.45) is 5.41 Å². The van der Waals surface area contributed by atoms with Crippen LogP contribution in [0.3, 0.4) is 0 Å². The molecule has 1 aromatic carbocycles. The second-order valence-electron chi connectivity index (χ2n) is 6.68. The van der Waals surface area contributed by atoms with Gasteiger partial charge < -0.3 is 5.11 Å². The molecule has 0 radical (unpaired) electrons. The van der Waals surface area contributed by atoms with E-state index in [-0.39, 0.29) is 5.41 Å². The smallest absolute Gasteiger partial charge is 0.158 e. The number of allylic oxidation sites excluding steroid dienone is 2. The average molecular weight is 284 g/mol. The Morgan fingerprint density at radius 2 is 2.14 bits per heavy atom. The molecule has 0 fully saturated rings. The summed E-state index contributed by atoms with van der Waals surface area (Å²) in [5.74, 6) is 0.643. The van der Waals surface area contributed by atoms with E-state index in [9.17, 15) is 9.90 Å². The largest absolute Gasteiger partial charge is 0.508 e. The number of fused-ring (bicyclic) bond motifs is 3. The van der Waals surface area contributed by atoms with Gasteiger partial charge in [0.1, 0.15) is 5.75 Å². The van der Waals surface area contributed by atoms with Crippen molar-refractivity contribution >= 4 is 11.4 Å². The minimum Gasteiger partial charge on any atom is -0.508 e. The predicted octanol–water partition coefficient (Wildman–Crippen LogP) is 4.65. The lowest BCUT2D eigenvalue weighted by atomic mass is 9.72. The number of ketones is 1. The van der Waals surface area contributed by atoms with Crippen LogP contribution < -0.4 is 0 Å². The first-order chi connectivity index (χ1) is 10.1. The number of unbranched alkanes of at least 4 members (excludes halogenated alkanes) is 1. The van der Waals surface area contributed by atoms with Gasteiger partial charge >= 0.3 is 0 Å². The zero-order valence-electron chi connectivity index (χ0n) is 13.0. The predicted molar refractivity (Wildman–Crippen MR) is 85.2 cm³/mol. The SMILES string of the molecule is CCCCC12CCCC(=O)C(C)=C1c1ccc(O)cc1C2. The van der Waals surface area contributed by atoms with Crippen LogP contribution in [0.1, 0.15) is 63.5 Å². The van der Waals surface area contributed by atoms with Crippen LogP contribution in [0.2, 0.25) is 0 Å². The van der Waals surface area contributed by atoms with Crippen molar-refractivity contribution in [3.05, 3.63) is 34.9 Å². The number of rotatable bonds is 3. The van der Waals surface area contributed by atoms with Crippen molar-refractivity contribution < 1.29 is 9.90 Å². The number of hydrogen-bond donors (Lipinski definition) is 1. The molecule has 21 heavy (non-hydrogen) atoms. The highest BCUT2D eigenvalue weighted by atomic mass is 16.3. The topological polar surface area (TPSA) is 37.3 Å². The van der Waals surface area contributed by atoms with Gasteiger partial charge in [0.15, 0.2) is 5.78 Å². The minimum atomic E-state index is 0.127. The molecule has 0 bridgehead atoms. The average Bonchev–Trinajstić information content (AvgIpc) is 2.71. The van der Waals surface area contributed by atoms with Crippen LogP contribution in [0.25, 0.3) is 5.57 Å². The van der Waals surface area contributed by atoms with E-state index in [1.807, 2.05) is 19.1 Å². The fraction of sp³-hybridized carbons (Fsp3) is 0.526. The van der Waals surface area contributed by atoms with Gasteiger partial charge in [-0.2, -0.15) is 0 Å². The lowest BCUT2D eigenvalue weighted by Crippen LogP contribution is -2.20. The summed E-state index contributed by atoms with van der Waals surface area (Å²) in [6.07, 6.45) is 7.30. The standard InChI is InChI=1S/C19H24O2/c1-3-4-9-19-10-5-6-17(21)13(2)18(19)16-8-7-15(20)11-14(16)12-19/h7-8,11,20H,3-6,9-10,12H2,1-2H3. The Hall–Kier alpha value is -1.57. The number of Topliss-reactive ketones (excluding diaryl/α,β-unsaturated/α-hetero) is 1. The summed E-state index contributed by atoms with van der Waals surface area (Å²) in [4.78, 5) is 12.3. The van der Waals surface area contributed by atoms with Gasteiger partial charge in [-0.3, -0.25) is 4.79 Å². The summed E-state index contributed by atoms with van der Waals surface area (Å²) >= 11 is 0. The molecule has 1 atom stereocenters. The van der Waals surface area contributed by atoms with E-state index in [1.54, 1.807) is 6.07 Å². The maximum Gasteiger partial charge on any atom is 0.158 e. The summed E-state index contributed by atoms with van der Waals surface area (Å²) in [6, 6.07) is 5.66. The number of benzene rings is 1. The van der Waals surface area contributed by atoms with Crippen molar-refractivity contribution in [2.45, 2.75) is 58.8 Å². The second-order valence-corrected chi connectivity index (χ2v) is 6.68. The lowest BCUT2D eigenvalue weighted by molar-refractivity contribution is -0.115. The summed E-state index contributed by atoms with van der Waals surface area (Å²) in [5.41, 5.74) is 4.80. The van der Waals surface area contributed by atoms with Gasteiger partial charge in [-0.25, -0.2) is 0 Å². The van der Waals surface area contributed by atoms with Crippen molar-refractivity contribution in [2.75, 3.05) is 0 Å². The van der Waals surface area contributed by atoms with E-state index in [2.05, 4.69) is 6.92 Å². The molecule has 0 spiro atoms. The maximum absolute atomic E-state index is 12.3. The van der Waals surface area contributed by atoms with E-state index in [0.29, 0.717) is 18.0 Å². The van der Waals surface area contributed by atoms with Crippen LogP contribution in [-0.2, 0) is 11.2 Å². The van der Waals surface area contributed by atoms with Crippen LogP contribution >= 0.6 is 0 Å². The van der Waals surface area contributed by atoms with E-state index in [4.69, 9.17) is 0 Å². The van der Waals surface area contributed by atoms with Gasteiger partial charge in [-0.15, -0.1) is 0 Å². The van der Waals surface area contributed by atoms with Crippen LogP contribution in [-0.4, -0.2) is 10.9 Å². The summed E-state index contributed by atoms with van der Waals surface area (Å²) in [6.45, 7) is 4.23. The van der Waals surface area contributed by atoms with Gasteiger partial charge in [-0.05, 0) is 67.0 Å². The van der Waals surface area contributed by atoms with Crippen LogP contribution in [0.4, 0.5) is 0 Å². The number of carbonyl (C=O) groups is 1. The molecule has 0 aliphatic heterocycles. The number of phenols is 1. The molecule has 1 unspecified atom stereocenters. The molecule has 2 aliphatic carbocycles. The van der Waals surface area contributed by atoms with Crippen molar-refractivity contribution in [1.29, 1.82) is 0 Å². The maximum atomic E-state index is 12.3. The molecule has 112 valence electrons. The number of hydrogen-bond acceptors (Lipinski definition) is 2. The molecule has 0 aromatic heterocycles. The summed E-state index contributed by atoms with van der Waals surface area (Å²) in [7, 11) is 0. The number of aromatic hydroxyl groups is 1. The minimum absolute atomic E-state index is 0.127. The molecule has 1 aromatic rings. The zero-order chi connectivity index (χ0) is 15.0. The molecular weight excluding hydrogens is 260 g/mol. The first-order valence-corrected chi connectivity index (χ1v) is 8.14. The van der Waals surface area contributed by atoms with Gasteiger partial charge in [0, 0.05) is 11.8 Å². The van der Waals surface area contributed by atoms with Gasteiger partial charge in [-0.1, -0.05) is 25.8 Å². The molecule has 0 amide bonds. The van der Waals surface area contributed by atoms with E-state index < -0.39 is 0 Å². The van der Waals surface area contributed by atoms with Gasteiger partial charge in [0.25, 0.3) is 0 Å². The molecular formula is C19H24O2. The van der Waals surface area contributed by atoms with Crippen LogP contribution in [0, 0.1) is 5.41 Å². The van der Waals surface area contributed by atoms with Crippen molar-refractivity contribution in [3.8, 4) is 5.75 Å². The highest BCUT2D eigenvalue weighted by Crippen LogP contribution is 2.55. The fourth-order valence-electron chi connectivity index (χ4n) is 4.29. The summed E-state index contributed by atoms with van der Waals surface area (Å²) in [5, 5.41) is 9.78. The molecule has 1 N–H and O–H groups in total. The lowest BCUT2D eigenvalue weighted by Gasteiger charge is -2.31. The Morgan fingerprint density at radius 1 is 1.33 bits per heavy atom. The molecule has 2 heteroatoms. The first kappa shape index (κ1) is 14.4. The third kappa shape index (κ3) is 2.31. The first-order valence-electron chi connectivity index (χ1n) is 8.14. The van der Waals surface area contributed by atoms with Crippen molar-refractivity contribution in [3.63, 3.8) is 0 Å². The Morgan fingerprint density at radius 3 is 2.90 bits per heavy atom. The molecule has 0 heterocycles. The summed E-state index contributed by atoms with van der Waals surface area (Å²) < 4.78 is 0. The third-order valence-corrected chi connectivity index (χ3v) is 5.28. The number of phenolic OH excluding ortho intramolecular Hbond substituents is 1. The Labute approximate surface area is 126 Å². The van der Waals surface area contributed by atoms with E-state index in [0.717, 1.165) is 31.3 Å². The quantitative estimate of drug-likeness (QED) is 0.877. The molecule has 2 nitrogen and oxygen atoms in total. The van der Waals surface area contributed by atoms with Crippen LogP contribution in [0.5, 0.6) is 5.75 Å². The monoisotopic (exact) mass is 284 g/mol. The molecule has 3 rings (SSSR count).